The Morgan fingerprint density at radius 2 is 2.00 bits per heavy atom. The Hall–Kier alpha value is -3.47. The smallest absolute Gasteiger partial charge is 0.406 e. The highest BCUT2D eigenvalue weighted by molar-refractivity contribution is 5.92. The SMILES string of the molecule is CN1CC(NC(=O)c2ccccn2)CC1c1nc(-c2ccc(OC(F)(F)F)cc2)no1. The molecule has 3 heterocycles. The van der Waals surface area contributed by atoms with E-state index < -0.39 is 6.36 Å². The molecule has 11 heteroatoms. The first kappa shape index (κ1) is 20.8. The number of benzene rings is 1. The Morgan fingerprint density at radius 3 is 2.68 bits per heavy atom. The van der Waals surface area contributed by atoms with Crippen molar-refractivity contribution in [3.8, 4) is 17.1 Å². The zero-order valence-corrected chi connectivity index (χ0v) is 16.3. The molecule has 8 nitrogen and oxygen atoms in total. The second-order valence-corrected chi connectivity index (χ2v) is 7.10. The van der Waals surface area contributed by atoms with Gasteiger partial charge in [0.1, 0.15) is 11.4 Å². The number of rotatable bonds is 5. The summed E-state index contributed by atoms with van der Waals surface area (Å²) in [6.07, 6.45) is -2.63. The van der Waals surface area contributed by atoms with Crippen molar-refractivity contribution in [2.75, 3.05) is 13.6 Å². The first-order chi connectivity index (χ1) is 14.8. The lowest BCUT2D eigenvalue weighted by Crippen LogP contribution is -2.36. The van der Waals surface area contributed by atoms with E-state index in [4.69, 9.17) is 4.52 Å². The number of carbonyl (C=O) groups is 1. The fourth-order valence-corrected chi connectivity index (χ4v) is 3.44. The number of pyridine rings is 1. The van der Waals surface area contributed by atoms with Crippen LogP contribution >= 0.6 is 0 Å². The highest BCUT2D eigenvalue weighted by atomic mass is 19.4. The molecule has 1 saturated heterocycles. The van der Waals surface area contributed by atoms with Crippen LogP contribution in [-0.2, 0) is 0 Å². The third-order valence-corrected chi connectivity index (χ3v) is 4.85. The predicted octanol–water partition coefficient (Wildman–Crippen LogP) is 3.21. The van der Waals surface area contributed by atoms with Crippen molar-refractivity contribution in [2.45, 2.75) is 24.9 Å². The van der Waals surface area contributed by atoms with Crippen molar-refractivity contribution < 1.29 is 27.2 Å². The summed E-state index contributed by atoms with van der Waals surface area (Å²) in [5, 5.41) is 6.88. The second-order valence-electron chi connectivity index (χ2n) is 7.10. The van der Waals surface area contributed by atoms with Crippen LogP contribution in [0.2, 0.25) is 0 Å². The van der Waals surface area contributed by atoms with Crippen LogP contribution in [0, 0.1) is 0 Å². The molecule has 2 aromatic heterocycles. The number of carbonyl (C=O) groups excluding carboxylic acids is 1. The van der Waals surface area contributed by atoms with Gasteiger partial charge < -0.3 is 14.6 Å². The maximum atomic E-state index is 12.3. The second kappa shape index (κ2) is 8.34. The quantitative estimate of drug-likeness (QED) is 0.660. The zero-order chi connectivity index (χ0) is 22.0. The number of nitrogens with one attached hydrogen (secondary N) is 1. The minimum Gasteiger partial charge on any atom is -0.406 e. The van der Waals surface area contributed by atoms with Gasteiger partial charge in [-0.25, -0.2) is 0 Å². The van der Waals surface area contributed by atoms with Crippen molar-refractivity contribution in [3.63, 3.8) is 0 Å². The number of ether oxygens (including phenoxy) is 1. The Kier molecular flexibility index (Phi) is 5.59. The molecular formula is C20H18F3N5O3. The summed E-state index contributed by atoms with van der Waals surface area (Å²) >= 11 is 0. The monoisotopic (exact) mass is 433 g/mol. The first-order valence-electron chi connectivity index (χ1n) is 9.40. The lowest BCUT2D eigenvalue weighted by Gasteiger charge is -2.14. The fraction of sp³-hybridized carbons (Fsp3) is 0.300. The highest BCUT2D eigenvalue weighted by Crippen LogP contribution is 2.31. The van der Waals surface area contributed by atoms with E-state index in [1.54, 1.807) is 24.4 Å². The fourth-order valence-electron chi connectivity index (χ4n) is 3.44. The molecule has 0 saturated carbocycles. The van der Waals surface area contributed by atoms with E-state index in [1.807, 2.05) is 11.9 Å². The van der Waals surface area contributed by atoms with Crippen molar-refractivity contribution in [1.82, 2.24) is 25.3 Å². The van der Waals surface area contributed by atoms with Gasteiger partial charge in [-0.2, -0.15) is 4.98 Å². The van der Waals surface area contributed by atoms with Crippen molar-refractivity contribution in [3.05, 3.63) is 60.2 Å². The Morgan fingerprint density at radius 1 is 1.23 bits per heavy atom. The molecule has 0 spiro atoms. The van der Waals surface area contributed by atoms with E-state index in [-0.39, 0.29) is 29.6 Å². The summed E-state index contributed by atoms with van der Waals surface area (Å²) in [5.74, 6) is 0.0275. The van der Waals surface area contributed by atoms with Crippen LogP contribution in [0.4, 0.5) is 13.2 Å². The first-order valence-corrected chi connectivity index (χ1v) is 9.40. The molecule has 1 aromatic carbocycles. The van der Waals surface area contributed by atoms with Gasteiger partial charge in [-0.1, -0.05) is 11.2 Å². The summed E-state index contributed by atoms with van der Waals surface area (Å²) in [4.78, 5) is 22.7. The third-order valence-electron chi connectivity index (χ3n) is 4.85. The lowest BCUT2D eigenvalue weighted by atomic mass is 10.1. The summed E-state index contributed by atoms with van der Waals surface area (Å²) in [5.41, 5.74) is 0.830. The number of amides is 1. The number of aromatic nitrogens is 3. The normalized spacial score (nSPS) is 19.4. The van der Waals surface area contributed by atoms with Crippen LogP contribution < -0.4 is 10.1 Å². The average Bonchev–Trinajstić information content (AvgIpc) is 3.34. The number of hydrogen-bond acceptors (Lipinski definition) is 7. The molecule has 162 valence electrons. The van der Waals surface area contributed by atoms with Crippen LogP contribution in [0.3, 0.4) is 0 Å². The van der Waals surface area contributed by atoms with E-state index in [9.17, 15) is 18.0 Å². The van der Waals surface area contributed by atoms with E-state index in [1.165, 1.54) is 24.3 Å². The number of halogens is 3. The summed E-state index contributed by atoms with van der Waals surface area (Å²) in [7, 11) is 1.88. The average molecular weight is 433 g/mol. The zero-order valence-electron chi connectivity index (χ0n) is 16.3. The van der Waals surface area contributed by atoms with E-state index in [0.29, 0.717) is 30.1 Å². The van der Waals surface area contributed by atoms with Gasteiger partial charge >= 0.3 is 6.36 Å². The maximum Gasteiger partial charge on any atom is 0.573 e. The van der Waals surface area contributed by atoms with Gasteiger partial charge in [-0.3, -0.25) is 14.7 Å². The van der Waals surface area contributed by atoms with Gasteiger partial charge in [0.25, 0.3) is 5.91 Å². The molecule has 0 bridgehead atoms. The van der Waals surface area contributed by atoms with Crippen LogP contribution in [0.5, 0.6) is 5.75 Å². The molecule has 0 aliphatic carbocycles. The number of nitrogens with zero attached hydrogens (tertiary/aromatic N) is 4. The largest absolute Gasteiger partial charge is 0.573 e. The Labute approximate surface area is 175 Å². The topological polar surface area (TPSA) is 93.4 Å². The van der Waals surface area contributed by atoms with Crippen molar-refractivity contribution >= 4 is 5.91 Å². The lowest BCUT2D eigenvalue weighted by molar-refractivity contribution is -0.274. The minimum atomic E-state index is -4.75. The molecule has 1 aliphatic rings. The van der Waals surface area contributed by atoms with Crippen LogP contribution in [-0.4, -0.2) is 51.9 Å². The van der Waals surface area contributed by atoms with Crippen molar-refractivity contribution in [1.29, 1.82) is 0 Å². The van der Waals surface area contributed by atoms with Gasteiger partial charge in [0.2, 0.25) is 11.7 Å². The standard InChI is InChI=1S/C20H18F3N5O3/c1-28-11-13(25-18(29)15-4-2-3-9-24-15)10-16(28)19-26-17(27-31-19)12-5-7-14(8-6-12)30-20(21,22)23/h2-9,13,16H,10-11H2,1H3,(H,25,29). The van der Waals surface area contributed by atoms with Gasteiger partial charge in [0, 0.05) is 24.3 Å². The Balaban J connectivity index is 1.41. The molecule has 1 amide bonds. The summed E-state index contributed by atoms with van der Waals surface area (Å²) in [6, 6.07) is 10.00. The molecule has 1 fully saturated rings. The number of alkyl halides is 3. The number of likely N-dealkylation sites (tertiary alicyclic amines) is 1. The molecule has 2 unspecified atom stereocenters. The van der Waals surface area contributed by atoms with Gasteiger partial charge in [0.15, 0.2) is 0 Å². The molecule has 4 rings (SSSR count). The molecular weight excluding hydrogens is 415 g/mol. The highest BCUT2D eigenvalue weighted by Gasteiger charge is 2.35. The van der Waals surface area contributed by atoms with E-state index >= 15 is 0 Å². The van der Waals surface area contributed by atoms with Crippen LogP contribution in [0.25, 0.3) is 11.4 Å². The van der Waals surface area contributed by atoms with E-state index in [0.717, 1.165) is 0 Å². The summed E-state index contributed by atoms with van der Waals surface area (Å²) in [6.45, 7) is 0.588. The number of likely N-dealkylation sites (N-methyl/N-ethyl adjacent to an activating group) is 1. The van der Waals surface area contributed by atoms with E-state index in [2.05, 4.69) is 25.2 Å². The molecule has 31 heavy (non-hydrogen) atoms. The molecule has 0 radical (unpaired) electrons. The maximum absolute atomic E-state index is 12.3. The number of hydrogen-bond donors (Lipinski definition) is 1. The van der Waals surface area contributed by atoms with Gasteiger partial charge in [-0.15, -0.1) is 13.2 Å². The molecule has 1 aliphatic heterocycles. The van der Waals surface area contributed by atoms with Crippen LogP contribution in [0.15, 0.2) is 53.2 Å². The van der Waals surface area contributed by atoms with Crippen LogP contribution in [0.1, 0.15) is 28.8 Å². The van der Waals surface area contributed by atoms with Crippen molar-refractivity contribution in [2.24, 2.45) is 0 Å². The molecule has 1 N–H and O–H groups in total. The summed E-state index contributed by atoms with van der Waals surface area (Å²) < 4.78 is 46.1. The molecule has 2 atom stereocenters. The third kappa shape index (κ3) is 5.00. The Bertz CT molecular complexity index is 1040. The van der Waals surface area contributed by atoms with Gasteiger partial charge in [0.05, 0.1) is 6.04 Å². The van der Waals surface area contributed by atoms with Gasteiger partial charge in [-0.05, 0) is 49.9 Å². The predicted molar refractivity (Wildman–Crippen MR) is 102 cm³/mol. The minimum absolute atomic E-state index is 0.126. The molecule has 3 aromatic rings.